The van der Waals surface area contributed by atoms with Crippen LogP contribution in [0.5, 0.6) is 5.75 Å². The van der Waals surface area contributed by atoms with E-state index in [2.05, 4.69) is 28.1 Å². The first-order valence-corrected chi connectivity index (χ1v) is 11.7. The molecule has 5 rings (SSSR count). The Morgan fingerprint density at radius 2 is 1.74 bits per heavy atom. The van der Waals surface area contributed by atoms with Crippen molar-refractivity contribution >= 4 is 33.5 Å². The van der Waals surface area contributed by atoms with Crippen molar-refractivity contribution in [3.63, 3.8) is 0 Å². The topological polar surface area (TPSA) is 77.1 Å². The molecule has 2 heterocycles. The van der Waals surface area contributed by atoms with Gasteiger partial charge in [-0.25, -0.2) is 0 Å². The average Bonchev–Trinajstić information content (AvgIpc) is 3.19. The van der Waals surface area contributed by atoms with Crippen molar-refractivity contribution in [2.75, 3.05) is 12.0 Å². The van der Waals surface area contributed by atoms with Crippen LogP contribution < -0.4 is 9.64 Å². The Morgan fingerprint density at radius 3 is 2.41 bits per heavy atom. The van der Waals surface area contributed by atoms with Crippen LogP contribution in [0.1, 0.15) is 27.4 Å². The van der Waals surface area contributed by atoms with Gasteiger partial charge in [0, 0.05) is 17.2 Å². The van der Waals surface area contributed by atoms with Crippen LogP contribution in [0.25, 0.3) is 6.08 Å². The number of ether oxygens (including phenoxy) is 1. The maximum atomic E-state index is 14.2. The Balaban J connectivity index is 1.76. The Morgan fingerprint density at radius 1 is 1.03 bits per heavy atom. The summed E-state index contributed by atoms with van der Waals surface area (Å²) in [6.45, 7) is 0. The second kappa shape index (κ2) is 8.48. The van der Waals surface area contributed by atoms with Crippen molar-refractivity contribution in [3.05, 3.63) is 100 Å². The highest BCUT2D eigenvalue weighted by Crippen LogP contribution is 2.55. The highest BCUT2D eigenvalue weighted by molar-refractivity contribution is 9.10. The third kappa shape index (κ3) is 3.15. The van der Waals surface area contributed by atoms with Crippen LogP contribution >= 0.6 is 15.9 Å². The van der Waals surface area contributed by atoms with Gasteiger partial charge < -0.3 is 9.64 Å². The Kier molecular flexibility index (Phi) is 5.48. The van der Waals surface area contributed by atoms with Crippen LogP contribution in [0.4, 0.5) is 5.69 Å². The van der Waals surface area contributed by atoms with Crippen molar-refractivity contribution in [1.29, 1.82) is 10.5 Å². The number of halogens is 1. The van der Waals surface area contributed by atoms with E-state index in [1.807, 2.05) is 71.6 Å². The number of hydrogen-bond donors (Lipinski definition) is 0. The van der Waals surface area contributed by atoms with E-state index in [9.17, 15) is 15.3 Å². The lowest BCUT2D eigenvalue weighted by molar-refractivity contribution is 0.0951. The predicted octanol–water partition coefficient (Wildman–Crippen LogP) is 5.74. The molecule has 0 radical (unpaired) electrons. The van der Waals surface area contributed by atoms with E-state index < -0.39 is 23.4 Å². The molecule has 1 fully saturated rings. The van der Waals surface area contributed by atoms with Crippen LogP contribution in [0.3, 0.4) is 0 Å². The first-order chi connectivity index (χ1) is 16.6. The number of ketones is 1. The minimum absolute atomic E-state index is 0.153. The third-order valence-electron chi connectivity index (χ3n) is 6.78. The molecule has 0 bridgehead atoms. The quantitative estimate of drug-likeness (QED) is 0.419. The molecule has 166 valence electrons. The normalized spacial score (nSPS) is 21.6. The van der Waals surface area contributed by atoms with Crippen molar-refractivity contribution in [2.24, 2.45) is 5.41 Å². The maximum Gasteiger partial charge on any atom is 0.186 e. The number of methoxy groups -OCH3 is 1. The van der Waals surface area contributed by atoms with Gasteiger partial charge in [0.1, 0.15) is 11.8 Å². The van der Waals surface area contributed by atoms with E-state index in [4.69, 9.17) is 4.74 Å². The van der Waals surface area contributed by atoms with Crippen LogP contribution in [0.2, 0.25) is 0 Å². The van der Waals surface area contributed by atoms with Crippen LogP contribution in [0, 0.1) is 28.1 Å². The van der Waals surface area contributed by atoms with Gasteiger partial charge in [0.2, 0.25) is 0 Å². The van der Waals surface area contributed by atoms with Gasteiger partial charge in [-0.2, -0.15) is 10.5 Å². The fourth-order valence-corrected chi connectivity index (χ4v) is 5.80. The summed E-state index contributed by atoms with van der Waals surface area (Å²) in [6.07, 6.45) is 3.83. The SMILES string of the molecule is COc1ccc(C(=O)[C@@H]2[C@H](c3ccccc3)C(C#N)(C#N)[C@@H]3C=Cc4ccccc4N23)cc1Br. The van der Waals surface area contributed by atoms with E-state index in [1.165, 1.54) is 0 Å². The van der Waals surface area contributed by atoms with Crippen LogP contribution in [-0.2, 0) is 0 Å². The third-order valence-corrected chi connectivity index (χ3v) is 7.40. The zero-order valence-electron chi connectivity index (χ0n) is 18.4. The molecule has 5 nitrogen and oxygen atoms in total. The Bertz CT molecular complexity index is 1370. The Labute approximate surface area is 206 Å². The molecule has 0 unspecified atom stereocenters. The van der Waals surface area contributed by atoms with Gasteiger partial charge in [-0.15, -0.1) is 0 Å². The fraction of sp³-hybridized carbons (Fsp3) is 0.179. The molecular formula is C28H20BrN3O2. The maximum absolute atomic E-state index is 14.2. The number of Topliss-reactive ketones (excluding diaryl/α,β-unsaturated/α-hetero) is 1. The number of carbonyl (C=O) groups is 1. The second-order valence-electron chi connectivity index (χ2n) is 8.41. The van der Waals surface area contributed by atoms with Gasteiger partial charge in [0.25, 0.3) is 0 Å². The second-order valence-corrected chi connectivity index (χ2v) is 9.26. The molecule has 0 saturated carbocycles. The van der Waals surface area contributed by atoms with Gasteiger partial charge in [0.15, 0.2) is 11.2 Å². The van der Waals surface area contributed by atoms with Gasteiger partial charge in [-0.3, -0.25) is 4.79 Å². The molecule has 2 aliphatic heterocycles. The zero-order chi connectivity index (χ0) is 23.9. The highest BCUT2D eigenvalue weighted by atomic mass is 79.9. The molecule has 34 heavy (non-hydrogen) atoms. The van der Waals surface area contributed by atoms with E-state index in [0.29, 0.717) is 15.8 Å². The molecule has 3 atom stereocenters. The van der Waals surface area contributed by atoms with Crippen LogP contribution in [0.15, 0.2) is 83.3 Å². The van der Waals surface area contributed by atoms with E-state index >= 15 is 0 Å². The molecule has 3 aromatic carbocycles. The van der Waals surface area contributed by atoms with Gasteiger partial charge in [-0.05, 0) is 51.3 Å². The van der Waals surface area contributed by atoms with Gasteiger partial charge in [0.05, 0.1) is 29.8 Å². The molecule has 2 aliphatic rings. The zero-order valence-corrected chi connectivity index (χ0v) is 19.9. The summed E-state index contributed by atoms with van der Waals surface area (Å²) in [7, 11) is 1.57. The number of benzene rings is 3. The van der Waals surface area contributed by atoms with E-state index in [0.717, 1.165) is 16.8 Å². The Hall–Kier alpha value is -3.87. The number of rotatable bonds is 4. The lowest BCUT2D eigenvalue weighted by Crippen LogP contribution is -2.44. The molecule has 6 heteroatoms. The van der Waals surface area contributed by atoms with Crippen molar-refractivity contribution in [3.8, 4) is 17.9 Å². The number of hydrogen-bond acceptors (Lipinski definition) is 5. The van der Waals surface area contributed by atoms with Crippen molar-refractivity contribution < 1.29 is 9.53 Å². The number of fused-ring (bicyclic) bond motifs is 3. The molecule has 0 aliphatic carbocycles. The standard InChI is InChI=1S/C28H20BrN3O2/c1-34-23-13-11-20(15-21(23)29)27(33)26-25(19-8-3-2-4-9-19)28(16-30,17-31)24-14-12-18-7-5-6-10-22(18)32(24)26/h2-15,24-26H,1H3/t24-,25-,26-/m0/s1. The number of nitrogens with zero attached hydrogens (tertiary/aromatic N) is 3. The number of para-hydroxylation sites is 1. The number of anilines is 1. The highest BCUT2D eigenvalue weighted by Gasteiger charge is 2.63. The summed E-state index contributed by atoms with van der Waals surface area (Å²) >= 11 is 3.48. The molecule has 0 amide bonds. The van der Waals surface area contributed by atoms with E-state index in [1.54, 1.807) is 25.3 Å². The molecular weight excluding hydrogens is 490 g/mol. The molecule has 0 aromatic heterocycles. The molecule has 0 spiro atoms. The average molecular weight is 510 g/mol. The molecule has 3 aromatic rings. The molecule has 0 N–H and O–H groups in total. The molecule has 1 saturated heterocycles. The lowest BCUT2D eigenvalue weighted by atomic mass is 9.69. The fourth-order valence-electron chi connectivity index (χ4n) is 5.26. The predicted molar refractivity (Wildman–Crippen MR) is 133 cm³/mol. The summed E-state index contributed by atoms with van der Waals surface area (Å²) in [5, 5.41) is 20.9. The number of carbonyl (C=O) groups excluding carboxylic acids is 1. The summed E-state index contributed by atoms with van der Waals surface area (Å²) in [6, 6.07) is 25.8. The minimum atomic E-state index is -1.45. The first-order valence-electron chi connectivity index (χ1n) is 10.9. The van der Waals surface area contributed by atoms with Crippen molar-refractivity contribution in [1.82, 2.24) is 0 Å². The smallest absolute Gasteiger partial charge is 0.186 e. The summed E-state index contributed by atoms with van der Waals surface area (Å²) in [5.74, 6) is -0.187. The van der Waals surface area contributed by atoms with Crippen LogP contribution in [-0.4, -0.2) is 25.0 Å². The summed E-state index contributed by atoms with van der Waals surface area (Å²) in [4.78, 5) is 16.2. The van der Waals surface area contributed by atoms with Crippen molar-refractivity contribution in [2.45, 2.75) is 18.0 Å². The summed E-state index contributed by atoms with van der Waals surface area (Å²) in [5.41, 5.74) is 1.61. The monoisotopic (exact) mass is 509 g/mol. The lowest BCUT2D eigenvalue weighted by Gasteiger charge is -2.35. The summed E-state index contributed by atoms with van der Waals surface area (Å²) < 4.78 is 6.00. The van der Waals surface area contributed by atoms with Gasteiger partial charge >= 0.3 is 0 Å². The first kappa shape index (κ1) is 21.9. The minimum Gasteiger partial charge on any atom is -0.496 e. The largest absolute Gasteiger partial charge is 0.496 e. The van der Waals surface area contributed by atoms with Gasteiger partial charge in [-0.1, -0.05) is 60.7 Å². The number of nitriles is 2. The van der Waals surface area contributed by atoms with E-state index in [-0.39, 0.29) is 5.78 Å².